The maximum absolute atomic E-state index is 9.68. The van der Waals surface area contributed by atoms with Crippen molar-refractivity contribution < 1.29 is 4.92 Å². The second-order valence-corrected chi connectivity index (χ2v) is 2.72. The molecule has 0 aromatic rings. The van der Waals surface area contributed by atoms with Crippen molar-refractivity contribution in [1.82, 2.24) is 0 Å². The van der Waals surface area contributed by atoms with E-state index in [9.17, 15) is 10.1 Å². The lowest BCUT2D eigenvalue weighted by Gasteiger charge is -1.88. The van der Waals surface area contributed by atoms with Crippen LogP contribution in [0.2, 0.25) is 0 Å². The fourth-order valence-electron chi connectivity index (χ4n) is 0.385. The van der Waals surface area contributed by atoms with Gasteiger partial charge in [-0.1, -0.05) is 0 Å². The quantitative estimate of drug-likeness (QED) is 0.249. The Morgan fingerprint density at radius 3 is 2.75 bits per heavy atom. The van der Waals surface area contributed by atoms with Gasteiger partial charge >= 0.3 is 0 Å². The Morgan fingerprint density at radius 2 is 2.38 bits per heavy atom. The fraction of sp³-hybridized carbons (Fsp3) is 1.00. The molecule has 0 rings (SSSR count). The average Bonchev–Trinajstić information content (AvgIpc) is 1.66. The van der Waals surface area contributed by atoms with E-state index in [1.54, 1.807) is 0 Å². The molecule has 0 saturated carbocycles. The third-order valence-electron chi connectivity index (χ3n) is 0.767. The Bertz CT molecular complexity index is 76.4. The lowest BCUT2D eigenvalue weighted by Crippen LogP contribution is -2.00. The summed E-state index contributed by atoms with van der Waals surface area (Å²) >= 11 is 0. The van der Waals surface area contributed by atoms with Crippen molar-refractivity contribution in [2.24, 2.45) is 0 Å². The molecule has 3 nitrogen and oxygen atoms in total. The van der Waals surface area contributed by atoms with Gasteiger partial charge < -0.3 is 0 Å². The van der Waals surface area contributed by atoms with Crippen LogP contribution >= 0.6 is 8.58 Å². The molecule has 0 aliphatic rings. The first-order chi connectivity index (χ1) is 3.77. The second-order valence-electron chi connectivity index (χ2n) is 1.51. The summed E-state index contributed by atoms with van der Waals surface area (Å²) in [7, 11) is 0.853. The summed E-state index contributed by atoms with van der Waals surface area (Å²) in [6.07, 6.45) is 1.74. The van der Waals surface area contributed by atoms with Crippen LogP contribution in [0.15, 0.2) is 0 Å². The van der Waals surface area contributed by atoms with Crippen molar-refractivity contribution in [3.8, 4) is 0 Å². The summed E-state index contributed by atoms with van der Waals surface area (Å²) in [5.41, 5.74) is 0. The van der Waals surface area contributed by atoms with E-state index in [-0.39, 0.29) is 11.5 Å². The topological polar surface area (TPSA) is 43.1 Å². The Kier molecular flexibility index (Phi) is 4.87. The zero-order valence-corrected chi connectivity index (χ0v) is 5.89. The molecule has 0 aliphatic carbocycles. The van der Waals surface area contributed by atoms with Gasteiger partial charge in [0.15, 0.2) is 0 Å². The van der Waals surface area contributed by atoms with E-state index in [2.05, 4.69) is 6.66 Å². The Morgan fingerprint density at radius 1 is 1.75 bits per heavy atom. The zero-order valence-electron chi connectivity index (χ0n) is 4.89. The monoisotopic (exact) mass is 135 g/mol. The van der Waals surface area contributed by atoms with Crippen LogP contribution in [0.1, 0.15) is 6.42 Å². The summed E-state index contributed by atoms with van der Waals surface area (Å²) in [5.74, 6) is 0. The van der Waals surface area contributed by atoms with Gasteiger partial charge in [-0.25, -0.2) is 0 Å². The second kappa shape index (κ2) is 4.98. The minimum absolute atomic E-state index is 0.140. The number of nitro groups is 1. The number of hydrogen-bond acceptors (Lipinski definition) is 2. The minimum Gasteiger partial charge on any atom is -0.265 e. The highest BCUT2D eigenvalue weighted by Crippen LogP contribution is 2.02. The summed E-state index contributed by atoms with van der Waals surface area (Å²) < 4.78 is 0. The molecular formula is C4H10NO2P. The highest BCUT2D eigenvalue weighted by molar-refractivity contribution is 7.36. The summed E-state index contributed by atoms with van der Waals surface area (Å²) in [5, 5.41) is 9.68. The van der Waals surface area contributed by atoms with Gasteiger partial charge in [-0.2, -0.15) is 0 Å². The first kappa shape index (κ1) is 7.83. The highest BCUT2D eigenvalue weighted by atomic mass is 31.1. The van der Waals surface area contributed by atoms with Gasteiger partial charge in [0.05, 0.1) is 0 Å². The molecule has 1 atom stereocenters. The van der Waals surface area contributed by atoms with Crippen LogP contribution in [0, 0.1) is 10.1 Å². The van der Waals surface area contributed by atoms with Crippen LogP contribution in [-0.4, -0.2) is 24.3 Å². The predicted octanol–water partition coefficient (Wildman–Crippen LogP) is 0.961. The molecule has 0 aromatic heterocycles. The Labute approximate surface area is 50.4 Å². The molecule has 48 valence electrons. The van der Waals surface area contributed by atoms with Crippen LogP contribution in [0.4, 0.5) is 0 Å². The minimum atomic E-state index is -0.264. The van der Waals surface area contributed by atoms with Crippen LogP contribution in [0.25, 0.3) is 0 Å². The molecule has 0 heterocycles. The smallest absolute Gasteiger partial charge is 0.204 e. The zero-order chi connectivity index (χ0) is 6.41. The van der Waals surface area contributed by atoms with Crippen molar-refractivity contribution in [2.45, 2.75) is 6.42 Å². The van der Waals surface area contributed by atoms with Crippen molar-refractivity contribution in [3.63, 3.8) is 0 Å². The number of hydrogen-bond donors (Lipinski definition) is 0. The first-order valence-electron chi connectivity index (χ1n) is 2.53. The SMILES string of the molecule is CPCCC[N+](=O)[O-]. The largest absolute Gasteiger partial charge is 0.265 e. The molecule has 0 radical (unpaired) electrons. The maximum atomic E-state index is 9.68. The molecule has 8 heavy (non-hydrogen) atoms. The molecule has 0 spiro atoms. The molecule has 0 fully saturated rings. The summed E-state index contributed by atoms with van der Waals surface area (Å²) in [4.78, 5) is 9.42. The molecule has 0 aromatic carbocycles. The van der Waals surface area contributed by atoms with Gasteiger partial charge in [-0.05, 0) is 12.8 Å². The normalized spacial score (nSPS) is 10.6. The fourth-order valence-corrected chi connectivity index (χ4v) is 0.897. The van der Waals surface area contributed by atoms with E-state index in [4.69, 9.17) is 0 Å². The van der Waals surface area contributed by atoms with Gasteiger partial charge in [0.1, 0.15) is 0 Å². The molecule has 0 amide bonds. The van der Waals surface area contributed by atoms with E-state index in [0.717, 1.165) is 21.2 Å². The van der Waals surface area contributed by atoms with Gasteiger partial charge in [-0.15, -0.1) is 8.58 Å². The van der Waals surface area contributed by atoms with Crippen LogP contribution in [0.5, 0.6) is 0 Å². The van der Waals surface area contributed by atoms with Crippen molar-refractivity contribution >= 4 is 8.58 Å². The predicted molar refractivity (Wildman–Crippen MR) is 35.6 cm³/mol. The van der Waals surface area contributed by atoms with Crippen LogP contribution < -0.4 is 0 Å². The molecule has 0 saturated heterocycles. The summed E-state index contributed by atoms with van der Waals surface area (Å²) in [6, 6.07) is 0. The molecule has 0 bridgehead atoms. The van der Waals surface area contributed by atoms with E-state index >= 15 is 0 Å². The van der Waals surface area contributed by atoms with E-state index in [1.165, 1.54) is 0 Å². The lowest BCUT2D eigenvalue weighted by atomic mass is 10.5. The maximum Gasteiger partial charge on any atom is 0.204 e. The van der Waals surface area contributed by atoms with Crippen molar-refractivity contribution in [1.29, 1.82) is 0 Å². The third-order valence-corrected chi connectivity index (χ3v) is 1.62. The summed E-state index contributed by atoms with van der Waals surface area (Å²) in [6.45, 7) is 2.20. The molecule has 4 heteroatoms. The Hall–Kier alpha value is -0.170. The van der Waals surface area contributed by atoms with Crippen molar-refractivity contribution in [3.05, 3.63) is 10.1 Å². The third kappa shape index (κ3) is 5.83. The van der Waals surface area contributed by atoms with E-state index in [0.29, 0.717) is 0 Å². The van der Waals surface area contributed by atoms with Gasteiger partial charge in [0, 0.05) is 11.3 Å². The van der Waals surface area contributed by atoms with E-state index < -0.39 is 0 Å². The lowest BCUT2D eigenvalue weighted by molar-refractivity contribution is -0.479. The van der Waals surface area contributed by atoms with Gasteiger partial charge in [0.25, 0.3) is 0 Å². The molecule has 0 aliphatic heterocycles. The average molecular weight is 135 g/mol. The van der Waals surface area contributed by atoms with Crippen LogP contribution in [-0.2, 0) is 0 Å². The standard InChI is InChI=1S/C4H10NO2P/c1-8-4-2-3-5(6)7/h8H,2-4H2,1H3. The highest BCUT2D eigenvalue weighted by Gasteiger charge is 1.92. The molecular weight excluding hydrogens is 125 g/mol. The number of nitrogens with zero attached hydrogens (tertiary/aromatic N) is 1. The van der Waals surface area contributed by atoms with E-state index in [1.807, 2.05) is 0 Å². The Balaban J connectivity index is 2.82. The van der Waals surface area contributed by atoms with Gasteiger partial charge in [-0.3, -0.25) is 10.1 Å². The molecule has 0 N–H and O–H groups in total. The van der Waals surface area contributed by atoms with Gasteiger partial charge in [0.2, 0.25) is 6.54 Å². The van der Waals surface area contributed by atoms with Crippen molar-refractivity contribution in [2.75, 3.05) is 19.4 Å². The molecule has 1 unspecified atom stereocenters. The number of rotatable bonds is 4. The van der Waals surface area contributed by atoms with Crippen LogP contribution in [0.3, 0.4) is 0 Å². The first-order valence-corrected chi connectivity index (χ1v) is 4.24.